The number of carboxylic acid groups (broad SMARTS) is 1. The number of nitrogens with one attached hydrogen (secondary N) is 1. The minimum Gasteiger partial charge on any atom is -0.481 e. The fourth-order valence-electron chi connectivity index (χ4n) is 5.62. The van der Waals surface area contributed by atoms with Crippen LogP contribution in [0.25, 0.3) is 5.70 Å². The van der Waals surface area contributed by atoms with E-state index in [1.807, 2.05) is 69.3 Å². The number of benzene rings is 2. The molecule has 4 atom stereocenters. The Morgan fingerprint density at radius 3 is 2.33 bits per heavy atom. The number of carbonyl (C=O) groups is 2. The van der Waals surface area contributed by atoms with E-state index in [2.05, 4.69) is 10.2 Å². The molecule has 0 bridgehead atoms. The maximum Gasteiger partial charge on any atom is 0.305 e. The number of halogens is 1. The number of para-hydroxylation sites is 1. The van der Waals surface area contributed by atoms with Crippen molar-refractivity contribution >= 4 is 23.3 Å². The van der Waals surface area contributed by atoms with E-state index in [9.17, 15) is 24.2 Å². The van der Waals surface area contributed by atoms with Gasteiger partial charge in [0, 0.05) is 24.0 Å². The number of aliphatic hydroxyl groups excluding tert-OH is 2. The van der Waals surface area contributed by atoms with Gasteiger partial charge in [0.25, 0.3) is 0 Å². The van der Waals surface area contributed by atoms with Crippen molar-refractivity contribution in [3.8, 4) is 0 Å². The minimum absolute atomic E-state index is 0.0426. The summed E-state index contributed by atoms with van der Waals surface area (Å²) in [6.45, 7) is 6.21. The average Bonchev–Trinajstić information content (AvgIpc) is 3.30. The van der Waals surface area contributed by atoms with E-state index in [1.54, 1.807) is 18.2 Å². The van der Waals surface area contributed by atoms with Crippen LogP contribution in [0.3, 0.4) is 0 Å². The molecule has 1 heterocycles. The number of hydrogen-bond acceptors (Lipinski definition) is 6. The molecule has 0 fully saturated rings. The van der Waals surface area contributed by atoms with Crippen LogP contribution in [-0.4, -0.2) is 56.9 Å². The van der Waals surface area contributed by atoms with Gasteiger partial charge in [-0.05, 0) is 91.1 Å². The second-order valence-corrected chi connectivity index (χ2v) is 11.0. The summed E-state index contributed by atoms with van der Waals surface area (Å²) in [5.74, 6) is -2.49. The lowest BCUT2D eigenvalue weighted by atomic mass is 9.82. The lowest BCUT2D eigenvalue weighted by molar-refractivity contribution is -0.139. The molecule has 0 radical (unpaired) electrons. The van der Waals surface area contributed by atoms with Crippen molar-refractivity contribution < 1.29 is 29.3 Å². The lowest BCUT2D eigenvalue weighted by Crippen LogP contribution is -2.44. The van der Waals surface area contributed by atoms with Gasteiger partial charge in [0.2, 0.25) is 5.91 Å². The van der Waals surface area contributed by atoms with Crippen LogP contribution in [0.1, 0.15) is 45.6 Å². The number of aliphatic hydroxyl groups is 2. The number of nitrogens with two attached hydrogens (primary N) is 1. The van der Waals surface area contributed by atoms with Crippen molar-refractivity contribution in [2.45, 2.75) is 58.3 Å². The highest BCUT2D eigenvalue weighted by Gasteiger charge is 2.47. The van der Waals surface area contributed by atoms with E-state index in [4.69, 9.17) is 10.8 Å². The number of carboxylic acids is 1. The third kappa shape index (κ3) is 8.89. The Morgan fingerprint density at radius 1 is 1.07 bits per heavy atom. The molecule has 0 aromatic heterocycles. The molecule has 43 heavy (non-hydrogen) atoms. The van der Waals surface area contributed by atoms with E-state index < -0.39 is 36.3 Å². The molecule has 0 saturated carbocycles. The first-order valence-electron chi connectivity index (χ1n) is 14.5. The predicted molar refractivity (Wildman–Crippen MR) is 167 cm³/mol. The van der Waals surface area contributed by atoms with Crippen LogP contribution in [0.15, 0.2) is 96.2 Å². The van der Waals surface area contributed by atoms with Gasteiger partial charge in [-0.2, -0.15) is 0 Å². The minimum atomic E-state index is -1.19. The van der Waals surface area contributed by atoms with Crippen LogP contribution in [0.2, 0.25) is 0 Å². The number of nitrogens with zero attached hydrogens (tertiary/aromatic N) is 1. The summed E-state index contributed by atoms with van der Waals surface area (Å²) in [4.78, 5) is 27.3. The molecule has 1 amide bonds. The van der Waals surface area contributed by atoms with Crippen LogP contribution in [0, 0.1) is 17.7 Å². The van der Waals surface area contributed by atoms with E-state index in [0.717, 1.165) is 0 Å². The third-order valence-corrected chi connectivity index (χ3v) is 7.39. The zero-order valence-electron chi connectivity index (χ0n) is 24.9. The van der Waals surface area contributed by atoms with Gasteiger partial charge in [-0.25, -0.2) is 4.39 Å². The van der Waals surface area contributed by atoms with E-state index in [-0.39, 0.29) is 30.7 Å². The number of amides is 1. The first-order valence-corrected chi connectivity index (χ1v) is 14.5. The molecule has 0 saturated heterocycles. The van der Waals surface area contributed by atoms with Gasteiger partial charge in [0.05, 0.1) is 24.5 Å². The zero-order valence-corrected chi connectivity index (χ0v) is 24.9. The Kier molecular flexibility index (Phi) is 12.3. The summed E-state index contributed by atoms with van der Waals surface area (Å²) >= 11 is 0. The van der Waals surface area contributed by atoms with Crippen molar-refractivity contribution in [2.24, 2.45) is 17.6 Å². The molecule has 0 spiro atoms. The van der Waals surface area contributed by atoms with Gasteiger partial charge in [-0.1, -0.05) is 50.3 Å². The largest absolute Gasteiger partial charge is 0.481 e. The van der Waals surface area contributed by atoms with Crippen molar-refractivity contribution in [3.63, 3.8) is 0 Å². The summed E-state index contributed by atoms with van der Waals surface area (Å²) in [7, 11) is 0. The SMILES string of the molecule is C\C=C/C=C(\C=C\N)C1=C(c2ccc(F)cc2)N(CC[C@@H](O)C[C@@H](O)CC(=O)O)C(C(C)C)C1C(=O)Nc1ccccc1. The molecule has 2 aromatic carbocycles. The summed E-state index contributed by atoms with van der Waals surface area (Å²) < 4.78 is 14.1. The third-order valence-electron chi connectivity index (χ3n) is 7.39. The number of hydrogen-bond donors (Lipinski definition) is 5. The summed E-state index contributed by atoms with van der Waals surface area (Å²) in [5.41, 5.74) is 9.35. The van der Waals surface area contributed by atoms with E-state index in [0.29, 0.717) is 34.6 Å². The maximum absolute atomic E-state index is 14.2. The summed E-state index contributed by atoms with van der Waals surface area (Å²) in [6.07, 6.45) is 6.21. The Labute approximate surface area is 252 Å². The molecule has 230 valence electrons. The smallest absolute Gasteiger partial charge is 0.305 e. The molecule has 1 aliphatic heterocycles. The Balaban J connectivity index is 2.19. The summed E-state index contributed by atoms with van der Waals surface area (Å²) in [6, 6.07) is 14.9. The highest BCUT2D eigenvalue weighted by Crippen LogP contribution is 2.46. The van der Waals surface area contributed by atoms with Gasteiger partial charge < -0.3 is 31.3 Å². The zero-order chi connectivity index (χ0) is 31.5. The van der Waals surface area contributed by atoms with Gasteiger partial charge >= 0.3 is 5.97 Å². The standard InChI is InChI=1S/C34H42FN3O5/c1-4-5-9-23(16-18-36)30-31(34(43)37-26-10-7-6-8-11-26)32(22(2)3)38(33(30)24-12-14-25(35)15-13-24)19-17-27(39)20-28(40)21-29(41)42/h4-16,18,22,27-28,31-32,39-40H,17,19-21,36H2,1-3H3,(H,37,43)(H,41,42)/b5-4-,18-16+,23-9+/t27-,28-,31?,32?/m1/s1. The molecule has 0 aliphatic carbocycles. The van der Waals surface area contributed by atoms with Crippen LogP contribution in [-0.2, 0) is 9.59 Å². The number of aliphatic carboxylic acids is 1. The average molecular weight is 592 g/mol. The second kappa shape index (κ2) is 15.9. The van der Waals surface area contributed by atoms with Gasteiger partial charge in [0.1, 0.15) is 5.82 Å². The predicted octanol–water partition coefficient (Wildman–Crippen LogP) is 5.08. The molecule has 2 aromatic rings. The van der Waals surface area contributed by atoms with E-state index >= 15 is 0 Å². The first-order chi connectivity index (χ1) is 20.6. The van der Waals surface area contributed by atoms with Crippen LogP contribution in [0.4, 0.5) is 10.1 Å². The Hall–Kier alpha value is -4.21. The van der Waals surface area contributed by atoms with Crippen LogP contribution >= 0.6 is 0 Å². The molecular weight excluding hydrogens is 549 g/mol. The second-order valence-electron chi connectivity index (χ2n) is 11.0. The molecule has 9 heteroatoms. The van der Waals surface area contributed by atoms with E-state index in [1.165, 1.54) is 18.3 Å². The number of carbonyl (C=O) groups excluding carboxylic acids is 1. The van der Waals surface area contributed by atoms with Gasteiger partial charge in [0.15, 0.2) is 0 Å². The highest BCUT2D eigenvalue weighted by atomic mass is 19.1. The van der Waals surface area contributed by atoms with Gasteiger partial charge in [-0.15, -0.1) is 0 Å². The monoisotopic (exact) mass is 591 g/mol. The number of allylic oxidation sites excluding steroid dienone is 5. The highest BCUT2D eigenvalue weighted by molar-refractivity contribution is 5.99. The first kappa shape index (κ1) is 33.3. The quantitative estimate of drug-likeness (QED) is 0.193. The van der Waals surface area contributed by atoms with Crippen LogP contribution in [0.5, 0.6) is 0 Å². The fraction of sp³-hybridized carbons (Fsp3) is 0.353. The Bertz CT molecular complexity index is 1350. The van der Waals surface area contributed by atoms with Crippen molar-refractivity contribution in [1.29, 1.82) is 0 Å². The van der Waals surface area contributed by atoms with Gasteiger partial charge in [-0.3, -0.25) is 9.59 Å². The van der Waals surface area contributed by atoms with Crippen molar-refractivity contribution in [2.75, 3.05) is 11.9 Å². The fourth-order valence-corrected chi connectivity index (χ4v) is 5.62. The van der Waals surface area contributed by atoms with Crippen molar-refractivity contribution in [1.82, 2.24) is 4.90 Å². The maximum atomic E-state index is 14.2. The molecule has 3 rings (SSSR count). The molecule has 6 N–H and O–H groups in total. The Morgan fingerprint density at radius 2 is 1.74 bits per heavy atom. The number of anilines is 1. The topological polar surface area (TPSA) is 136 Å². The molecule has 2 unspecified atom stereocenters. The summed E-state index contributed by atoms with van der Waals surface area (Å²) in [5, 5.41) is 33.0. The lowest BCUT2D eigenvalue weighted by Gasteiger charge is -2.35. The van der Waals surface area contributed by atoms with Crippen LogP contribution < -0.4 is 11.1 Å². The molecular formula is C34H42FN3O5. The molecule has 1 aliphatic rings. The number of rotatable bonds is 14. The molecule has 8 nitrogen and oxygen atoms in total. The normalized spacial score (nSPS) is 19.0. The van der Waals surface area contributed by atoms with Crippen molar-refractivity contribution in [3.05, 3.63) is 108 Å².